The van der Waals surface area contributed by atoms with E-state index >= 15 is 0 Å². The number of nitrogen functional groups attached to an aromatic ring is 1. The van der Waals surface area contributed by atoms with Crippen molar-refractivity contribution in [2.24, 2.45) is 0 Å². The van der Waals surface area contributed by atoms with E-state index in [1.54, 1.807) is 20.8 Å². The average Bonchev–Trinajstić information content (AvgIpc) is 2.28. The number of aryl methyl sites for hydroxylation is 1. The Balaban J connectivity index is 3.29. The highest BCUT2D eigenvalue weighted by Crippen LogP contribution is 2.19. The molecule has 0 radical (unpaired) electrons. The molecule has 1 aromatic heterocycles. The normalized spacial score (nSPS) is 9.94. The first-order chi connectivity index (χ1) is 8.51. The van der Waals surface area contributed by atoms with Gasteiger partial charge in [-0.1, -0.05) is 0 Å². The van der Waals surface area contributed by atoms with Crippen molar-refractivity contribution in [1.29, 1.82) is 0 Å². The number of nitrogens with two attached hydrogens (primary N) is 1. The van der Waals surface area contributed by atoms with Gasteiger partial charge in [0, 0.05) is 5.69 Å². The van der Waals surface area contributed by atoms with Gasteiger partial charge in [0.2, 0.25) is 0 Å². The maximum atomic E-state index is 11.8. The van der Waals surface area contributed by atoms with Gasteiger partial charge in [-0.15, -0.1) is 0 Å². The van der Waals surface area contributed by atoms with E-state index in [-0.39, 0.29) is 30.2 Å². The molecule has 0 saturated heterocycles. The molecule has 18 heavy (non-hydrogen) atoms. The molecule has 1 aromatic rings. The van der Waals surface area contributed by atoms with Crippen LogP contribution in [-0.2, 0) is 9.47 Å². The van der Waals surface area contributed by atoms with Gasteiger partial charge in [-0.25, -0.2) is 14.6 Å². The number of anilines is 1. The fraction of sp³-hybridized carbons (Fsp3) is 0.417. The van der Waals surface area contributed by atoms with E-state index in [2.05, 4.69) is 4.98 Å². The highest BCUT2D eigenvalue weighted by molar-refractivity contribution is 6.06. The van der Waals surface area contributed by atoms with E-state index in [1.807, 2.05) is 0 Å². The van der Waals surface area contributed by atoms with Crippen molar-refractivity contribution in [2.45, 2.75) is 20.8 Å². The Morgan fingerprint density at radius 2 is 1.78 bits per heavy atom. The topological polar surface area (TPSA) is 91.5 Å². The third-order valence-corrected chi connectivity index (χ3v) is 2.15. The summed E-state index contributed by atoms with van der Waals surface area (Å²) < 4.78 is 9.73. The molecule has 0 fully saturated rings. The molecule has 0 aliphatic carbocycles. The Morgan fingerprint density at radius 3 is 2.33 bits per heavy atom. The second-order valence-corrected chi connectivity index (χ2v) is 3.51. The molecule has 2 N–H and O–H groups in total. The quantitative estimate of drug-likeness (QED) is 0.813. The Kier molecular flexibility index (Phi) is 4.65. The first kappa shape index (κ1) is 14.0. The summed E-state index contributed by atoms with van der Waals surface area (Å²) in [4.78, 5) is 27.5. The van der Waals surface area contributed by atoms with Gasteiger partial charge in [0.1, 0.15) is 11.4 Å². The fourth-order valence-corrected chi connectivity index (χ4v) is 1.48. The summed E-state index contributed by atoms with van der Waals surface area (Å²) in [6.07, 6.45) is 0. The lowest BCUT2D eigenvalue weighted by Crippen LogP contribution is -2.18. The third kappa shape index (κ3) is 2.97. The third-order valence-electron chi connectivity index (χ3n) is 2.15. The lowest BCUT2D eigenvalue weighted by Gasteiger charge is -2.11. The van der Waals surface area contributed by atoms with Crippen molar-refractivity contribution in [3.63, 3.8) is 0 Å². The summed E-state index contributed by atoms with van der Waals surface area (Å²) >= 11 is 0. The van der Waals surface area contributed by atoms with Gasteiger partial charge < -0.3 is 15.2 Å². The number of aromatic nitrogens is 1. The van der Waals surface area contributed by atoms with Crippen LogP contribution in [0.3, 0.4) is 0 Å². The van der Waals surface area contributed by atoms with Crippen molar-refractivity contribution in [2.75, 3.05) is 18.9 Å². The number of esters is 2. The SMILES string of the molecule is CCOC(=O)c1cc(C)nc(N)c1C(=O)OCC. The Bertz CT molecular complexity index is 471. The molecule has 0 aromatic carbocycles. The van der Waals surface area contributed by atoms with E-state index < -0.39 is 11.9 Å². The number of pyridine rings is 1. The number of hydrogen-bond acceptors (Lipinski definition) is 6. The maximum Gasteiger partial charge on any atom is 0.342 e. The van der Waals surface area contributed by atoms with Gasteiger partial charge >= 0.3 is 11.9 Å². The van der Waals surface area contributed by atoms with Gasteiger partial charge in [0.15, 0.2) is 0 Å². The highest BCUT2D eigenvalue weighted by atomic mass is 16.5. The number of hydrogen-bond donors (Lipinski definition) is 1. The van der Waals surface area contributed by atoms with Crippen LogP contribution in [0.5, 0.6) is 0 Å². The van der Waals surface area contributed by atoms with Crippen LogP contribution in [-0.4, -0.2) is 30.1 Å². The smallest absolute Gasteiger partial charge is 0.342 e. The monoisotopic (exact) mass is 252 g/mol. The molecule has 0 amide bonds. The summed E-state index contributed by atoms with van der Waals surface area (Å²) in [5.41, 5.74) is 6.24. The van der Waals surface area contributed by atoms with E-state index in [1.165, 1.54) is 6.07 Å². The largest absolute Gasteiger partial charge is 0.462 e. The molecule has 0 bridgehead atoms. The van der Waals surface area contributed by atoms with Crippen molar-refractivity contribution < 1.29 is 19.1 Å². The van der Waals surface area contributed by atoms with Crippen molar-refractivity contribution in [3.05, 3.63) is 22.9 Å². The molecule has 0 saturated carbocycles. The first-order valence-corrected chi connectivity index (χ1v) is 5.62. The molecule has 1 rings (SSSR count). The molecular formula is C12H16N2O4. The summed E-state index contributed by atoms with van der Waals surface area (Å²) in [5, 5.41) is 0. The van der Waals surface area contributed by atoms with Gasteiger partial charge in [-0.05, 0) is 26.8 Å². The zero-order valence-electron chi connectivity index (χ0n) is 10.6. The predicted molar refractivity (Wildman–Crippen MR) is 65.3 cm³/mol. The van der Waals surface area contributed by atoms with Crippen molar-refractivity contribution in [1.82, 2.24) is 4.98 Å². The molecule has 0 unspecified atom stereocenters. The second kappa shape index (κ2) is 6.00. The lowest BCUT2D eigenvalue weighted by molar-refractivity contribution is 0.0479. The zero-order valence-corrected chi connectivity index (χ0v) is 10.6. The van der Waals surface area contributed by atoms with Crippen LogP contribution in [0.2, 0.25) is 0 Å². The van der Waals surface area contributed by atoms with Crippen molar-refractivity contribution in [3.8, 4) is 0 Å². The van der Waals surface area contributed by atoms with Crippen LogP contribution >= 0.6 is 0 Å². The van der Waals surface area contributed by atoms with Crippen LogP contribution in [0.4, 0.5) is 5.82 Å². The van der Waals surface area contributed by atoms with Crippen LogP contribution in [0.15, 0.2) is 6.07 Å². The number of rotatable bonds is 4. The average molecular weight is 252 g/mol. The summed E-state index contributed by atoms with van der Waals surface area (Å²) in [7, 11) is 0. The molecule has 0 atom stereocenters. The summed E-state index contributed by atoms with van der Waals surface area (Å²) in [5.74, 6) is -1.32. The Hall–Kier alpha value is -2.11. The first-order valence-electron chi connectivity index (χ1n) is 5.62. The van der Waals surface area contributed by atoms with E-state index in [0.29, 0.717) is 5.69 Å². The van der Waals surface area contributed by atoms with Gasteiger partial charge in [-0.3, -0.25) is 0 Å². The lowest BCUT2D eigenvalue weighted by atomic mass is 10.1. The van der Waals surface area contributed by atoms with Crippen LogP contribution < -0.4 is 5.73 Å². The number of ether oxygens (including phenoxy) is 2. The molecule has 0 aliphatic rings. The minimum Gasteiger partial charge on any atom is -0.462 e. The Labute approximate surface area is 105 Å². The second-order valence-electron chi connectivity index (χ2n) is 3.51. The van der Waals surface area contributed by atoms with Crippen LogP contribution in [0, 0.1) is 6.92 Å². The van der Waals surface area contributed by atoms with Gasteiger partial charge in [0.05, 0.1) is 18.8 Å². The van der Waals surface area contributed by atoms with E-state index in [0.717, 1.165) is 0 Å². The summed E-state index contributed by atoms with van der Waals surface area (Å²) in [6, 6.07) is 1.46. The fourth-order valence-electron chi connectivity index (χ4n) is 1.48. The molecule has 0 aliphatic heterocycles. The molecule has 6 nitrogen and oxygen atoms in total. The molecule has 98 valence electrons. The maximum absolute atomic E-state index is 11.8. The molecule has 6 heteroatoms. The minimum absolute atomic E-state index is 0.0310. The molecule has 0 spiro atoms. The predicted octanol–water partition coefficient (Wildman–Crippen LogP) is 1.33. The minimum atomic E-state index is -0.675. The molecular weight excluding hydrogens is 236 g/mol. The summed E-state index contributed by atoms with van der Waals surface area (Å²) in [6.45, 7) is 5.42. The standard InChI is InChI=1S/C12H16N2O4/c1-4-17-11(15)8-6-7(3)14-10(13)9(8)12(16)18-5-2/h6H,4-5H2,1-3H3,(H2,13,14). The van der Waals surface area contributed by atoms with Crippen LogP contribution in [0.25, 0.3) is 0 Å². The highest BCUT2D eigenvalue weighted by Gasteiger charge is 2.23. The number of nitrogens with zero attached hydrogens (tertiary/aromatic N) is 1. The van der Waals surface area contributed by atoms with Gasteiger partial charge in [0.25, 0.3) is 0 Å². The Morgan fingerprint density at radius 1 is 1.22 bits per heavy atom. The van der Waals surface area contributed by atoms with Crippen LogP contribution in [0.1, 0.15) is 40.3 Å². The zero-order chi connectivity index (χ0) is 13.7. The van der Waals surface area contributed by atoms with E-state index in [9.17, 15) is 9.59 Å². The molecule has 1 heterocycles. The van der Waals surface area contributed by atoms with E-state index in [4.69, 9.17) is 15.2 Å². The van der Waals surface area contributed by atoms with Crippen molar-refractivity contribution >= 4 is 17.8 Å². The number of carbonyl (C=O) groups is 2. The van der Waals surface area contributed by atoms with Gasteiger partial charge in [-0.2, -0.15) is 0 Å². The number of carbonyl (C=O) groups excluding carboxylic acids is 2.